The third kappa shape index (κ3) is 3.98. The Balaban J connectivity index is 1.58. The van der Waals surface area contributed by atoms with Gasteiger partial charge in [0.1, 0.15) is 5.54 Å². The van der Waals surface area contributed by atoms with Crippen molar-refractivity contribution in [3.8, 4) is 11.5 Å². The maximum atomic E-state index is 14.0. The van der Waals surface area contributed by atoms with Crippen LogP contribution in [0.25, 0.3) is 11.0 Å². The molecular weight excluding hydrogens is 456 g/mol. The number of hydrogen-bond donors (Lipinski definition) is 1. The first-order valence-corrected chi connectivity index (χ1v) is 12.7. The highest BCUT2D eigenvalue weighted by atomic mass is 16.5. The molecule has 1 fully saturated rings. The number of benzene rings is 2. The number of fused-ring (bicyclic) bond motifs is 3. The van der Waals surface area contributed by atoms with E-state index in [0.717, 1.165) is 35.9 Å². The molecule has 1 aliphatic heterocycles. The van der Waals surface area contributed by atoms with E-state index in [9.17, 15) is 9.59 Å². The van der Waals surface area contributed by atoms with Crippen molar-refractivity contribution in [2.75, 3.05) is 14.2 Å². The molecule has 0 unspecified atom stereocenters. The molecular formula is C28H34N4O4. The fourth-order valence-corrected chi connectivity index (χ4v) is 5.68. The number of nitrogens with one attached hydrogen (secondary N) is 1. The van der Waals surface area contributed by atoms with E-state index >= 15 is 0 Å². The van der Waals surface area contributed by atoms with Gasteiger partial charge in [-0.1, -0.05) is 44.0 Å². The molecule has 36 heavy (non-hydrogen) atoms. The second-order valence-corrected chi connectivity index (χ2v) is 10.2. The smallest absolute Gasteiger partial charge is 0.291 e. The maximum Gasteiger partial charge on any atom is 0.291 e. The van der Waals surface area contributed by atoms with Crippen LogP contribution < -0.4 is 14.8 Å². The minimum absolute atomic E-state index is 0.104. The third-order valence-electron chi connectivity index (χ3n) is 7.88. The largest absolute Gasteiger partial charge is 0.493 e. The van der Waals surface area contributed by atoms with Gasteiger partial charge in [-0.15, -0.1) is 0 Å². The Hall–Kier alpha value is -3.55. The predicted molar refractivity (Wildman–Crippen MR) is 137 cm³/mol. The van der Waals surface area contributed by atoms with Gasteiger partial charge in [0.2, 0.25) is 5.91 Å². The Morgan fingerprint density at radius 3 is 2.64 bits per heavy atom. The summed E-state index contributed by atoms with van der Waals surface area (Å²) in [5.41, 5.74) is 1.23. The molecule has 2 aliphatic rings. The zero-order valence-corrected chi connectivity index (χ0v) is 21.4. The van der Waals surface area contributed by atoms with Gasteiger partial charge in [0.15, 0.2) is 17.3 Å². The third-order valence-corrected chi connectivity index (χ3v) is 7.88. The average Bonchev–Trinajstić information content (AvgIpc) is 3.26. The molecule has 0 saturated heterocycles. The lowest BCUT2D eigenvalue weighted by Gasteiger charge is -2.45. The maximum absolute atomic E-state index is 14.0. The molecule has 2 heterocycles. The van der Waals surface area contributed by atoms with Crippen LogP contribution in [0.4, 0.5) is 0 Å². The fourth-order valence-electron chi connectivity index (χ4n) is 5.68. The number of nitrogens with zero attached hydrogens (tertiary/aromatic N) is 3. The lowest BCUT2D eigenvalue weighted by molar-refractivity contribution is -0.134. The zero-order valence-electron chi connectivity index (χ0n) is 21.4. The molecule has 1 N–H and O–H groups in total. The molecule has 0 radical (unpaired) electrons. The molecule has 190 valence electrons. The summed E-state index contributed by atoms with van der Waals surface area (Å²) < 4.78 is 13.0. The summed E-state index contributed by atoms with van der Waals surface area (Å²) in [5.74, 6) is 1.46. The van der Waals surface area contributed by atoms with Crippen LogP contribution in [0, 0.1) is 5.92 Å². The molecule has 2 amide bonds. The number of amides is 2. The summed E-state index contributed by atoms with van der Waals surface area (Å²) in [6.07, 6.45) is 4.35. The molecule has 1 saturated carbocycles. The van der Waals surface area contributed by atoms with Crippen LogP contribution in [-0.2, 0) is 17.9 Å². The SMILES string of the molecule is COc1cccc(CN2C(=O)c3nc4ccccc4n3C[C@]2(C)C(=O)N[C@@H]2CCCC[C@H]2C)c1OC. The van der Waals surface area contributed by atoms with Gasteiger partial charge in [0.05, 0.1) is 38.3 Å². The molecule has 8 nitrogen and oxygen atoms in total. The number of para-hydroxylation sites is 3. The van der Waals surface area contributed by atoms with E-state index in [0.29, 0.717) is 29.8 Å². The van der Waals surface area contributed by atoms with Crippen LogP contribution in [-0.4, -0.2) is 52.1 Å². The van der Waals surface area contributed by atoms with Gasteiger partial charge in [-0.25, -0.2) is 4.98 Å². The van der Waals surface area contributed by atoms with Crippen LogP contribution in [0.1, 0.15) is 55.7 Å². The van der Waals surface area contributed by atoms with Gasteiger partial charge in [0, 0.05) is 11.6 Å². The van der Waals surface area contributed by atoms with E-state index in [-0.39, 0.29) is 24.4 Å². The van der Waals surface area contributed by atoms with E-state index in [1.165, 1.54) is 6.42 Å². The average molecular weight is 491 g/mol. The van der Waals surface area contributed by atoms with E-state index in [2.05, 4.69) is 17.2 Å². The molecule has 1 aromatic heterocycles. The summed E-state index contributed by atoms with van der Waals surface area (Å²) >= 11 is 0. The molecule has 0 bridgehead atoms. The lowest BCUT2D eigenvalue weighted by Crippen LogP contribution is -2.65. The highest BCUT2D eigenvalue weighted by molar-refractivity contribution is 6.01. The van der Waals surface area contributed by atoms with Gasteiger partial charge in [-0.05, 0) is 43.9 Å². The van der Waals surface area contributed by atoms with Crippen LogP contribution in [0.5, 0.6) is 11.5 Å². The monoisotopic (exact) mass is 490 g/mol. The lowest BCUT2D eigenvalue weighted by atomic mass is 9.85. The molecule has 3 atom stereocenters. The Labute approximate surface area is 211 Å². The molecule has 8 heteroatoms. The number of carbonyl (C=O) groups excluding carboxylic acids is 2. The van der Waals surface area contributed by atoms with Gasteiger partial charge < -0.3 is 24.3 Å². The molecule has 0 spiro atoms. The quantitative estimate of drug-likeness (QED) is 0.561. The summed E-state index contributed by atoms with van der Waals surface area (Å²) in [6.45, 7) is 4.55. The standard InChI is InChI=1S/C28H34N4O4/c1-18-10-5-6-12-20(18)30-27(34)28(2)17-31-22-14-8-7-13-21(22)29-25(31)26(33)32(28)16-19-11-9-15-23(35-3)24(19)36-4/h7-9,11,13-15,18,20H,5-6,10,12,16-17H2,1-4H3,(H,30,34)/t18-,20-,28-/m1/s1. The van der Waals surface area contributed by atoms with Crippen molar-refractivity contribution in [2.45, 2.75) is 64.2 Å². The first-order chi connectivity index (χ1) is 17.4. The number of ether oxygens (including phenoxy) is 2. The minimum Gasteiger partial charge on any atom is -0.493 e. The number of rotatable bonds is 6. The van der Waals surface area contributed by atoms with Gasteiger partial charge >= 0.3 is 0 Å². The van der Waals surface area contributed by atoms with Crippen molar-refractivity contribution in [2.24, 2.45) is 5.92 Å². The van der Waals surface area contributed by atoms with Gasteiger partial charge in [-0.2, -0.15) is 0 Å². The molecule has 3 aromatic rings. The van der Waals surface area contributed by atoms with Gasteiger partial charge in [-0.3, -0.25) is 9.59 Å². The van der Waals surface area contributed by atoms with Crippen molar-refractivity contribution in [3.63, 3.8) is 0 Å². The van der Waals surface area contributed by atoms with Crippen LogP contribution in [0.15, 0.2) is 42.5 Å². The van der Waals surface area contributed by atoms with Crippen LogP contribution in [0.3, 0.4) is 0 Å². The fraction of sp³-hybridized carbons (Fsp3) is 0.464. The van der Waals surface area contributed by atoms with Crippen LogP contribution >= 0.6 is 0 Å². The van der Waals surface area contributed by atoms with E-state index < -0.39 is 5.54 Å². The van der Waals surface area contributed by atoms with Crippen LogP contribution in [0.2, 0.25) is 0 Å². The van der Waals surface area contributed by atoms with Gasteiger partial charge in [0.25, 0.3) is 5.91 Å². The summed E-state index contributed by atoms with van der Waals surface area (Å²) in [7, 11) is 3.16. The summed E-state index contributed by atoms with van der Waals surface area (Å²) in [5, 5.41) is 3.31. The van der Waals surface area contributed by atoms with E-state index in [4.69, 9.17) is 9.47 Å². The second-order valence-electron chi connectivity index (χ2n) is 10.2. The van der Waals surface area contributed by atoms with Crippen molar-refractivity contribution >= 4 is 22.8 Å². The number of aromatic nitrogens is 2. The number of methoxy groups -OCH3 is 2. The molecule has 1 aliphatic carbocycles. The summed E-state index contributed by atoms with van der Waals surface area (Å²) in [6, 6.07) is 13.3. The Kier molecular flexibility index (Phi) is 6.36. The van der Waals surface area contributed by atoms with E-state index in [1.54, 1.807) is 19.1 Å². The van der Waals surface area contributed by atoms with Crippen molar-refractivity contribution in [3.05, 3.63) is 53.9 Å². The number of hydrogen-bond acceptors (Lipinski definition) is 5. The number of imidazole rings is 1. The normalized spacial score (nSPS) is 23.9. The Morgan fingerprint density at radius 2 is 1.89 bits per heavy atom. The van der Waals surface area contributed by atoms with Crippen molar-refractivity contribution in [1.29, 1.82) is 0 Å². The minimum atomic E-state index is -1.13. The first kappa shape index (κ1) is 24.2. The molecule has 5 rings (SSSR count). The molecule has 2 aromatic carbocycles. The Morgan fingerprint density at radius 1 is 1.11 bits per heavy atom. The predicted octanol–water partition coefficient (Wildman–Crippen LogP) is 4.16. The zero-order chi connectivity index (χ0) is 25.4. The first-order valence-electron chi connectivity index (χ1n) is 12.7. The number of carbonyl (C=O) groups is 2. The second kappa shape index (κ2) is 9.48. The highest BCUT2D eigenvalue weighted by Crippen LogP contribution is 2.37. The Bertz CT molecular complexity index is 1300. The topological polar surface area (TPSA) is 85.7 Å². The van der Waals surface area contributed by atoms with E-state index in [1.807, 2.05) is 54.0 Å². The van der Waals surface area contributed by atoms with Crippen molar-refractivity contribution in [1.82, 2.24) is 19.8 Å². The summed E-state index contributed by atoms with van der Waals surface area (Å²) in [4.78, 5) is 34.3. The highest BCUT2D eigenvalue weighted by Gasteiger charge is 2.49. The van der Waals surface area contributed by atoms with Crippen molar-refractivity contribution < 1.29 is 19.1 Å².